The number of aliphatic hydroxyl groups is 1. The van der Waals surface area contributed by atoms with Crippen molar-refractivity contribution in [2.24, 2.45) is 11.1 Å². The molecule has 1 aliphatic carbocycles. The SMILES string of the molecule is CCC/C(=N/OCC)C1=C(O)C[C@H](C[C@@H](C)SCC)CC1=O. The Balaban J connectivity index is 2.85. The van der Waals surface area contributed by atoms with Gasteiger partial charge in [0.1, 0.15) is 12.4 Å². The number of allylic oxidation sites excluding steroid dienone is 2. The van der Waals surface area contributed by atoms with Gasteiger partial charge in [0.05, 0.1) is 11.3 Å². The number of hydrogen-bond donors (Lipinski definition) is 1. The zero-order valence-corrected chi connectivity index (χ0v) is 15.0. The quantitative estimate of drug-likeness (QED) is 0.500. The van der Waals surface area contributed by atoms with Crippen molar-refractivity contribution in [3.8, 4) is 0 Å². The van der Waals surface area contributed by atoms with Gasteiger partial charge in [-0.2, -0.15) is 11.8 Å². The Hall–Kier alpha value is -0.970. The van der Waals surface area contributed by atoms with Crippen LogP contribution in [0.5, 0.6) is 0 Å². The highest BCUT2D eigenvalue weighted by molar-refractivity contribution is 7.99. The molecule has 0 amide bonds. The molecular formula is C17H29NO3S. The Labute approximate surface area is 138 Å². The number of carbonyl (C=O) groups is 1. The van der Waals surface area contributed by atoms with Crippen molar-refractivity contribution in [3.05, 3.63) is 11.3 Å². The number of aliphatic hydroxyl groups excluding tert-OH is 1. The van der Waals surface area contributed by atoms with Crippen LogP contribution in [0.2, 0.25) is 0 Å². The number of rotatable bonds is 9. The van der Waals surface area contributed by atoms with Crippen LogP contribution in [0.25, 0.3) is 0 Å². The van der Waals surface area contributed by atoms with Crippen molar-refractivity contribution in [2.45, 2.75) is 65.0 Å². The third-order valence-corrected chi connectivity index (χ3v) is 4.81. The normalized spacial score (nSPS) is 21.2. The van der Waals surface area contributed by atoms with Gasteiger partial charge in [0.15, 0.2) is 5.78 Å². The third kappa shape index (κ3) is 5.67. The number of thioether (sulfide) groups is 1. The van der Waals surface area contributed by atoms with Crippen LogP contribution >= 0.6 is 11.8 Å². The van der Waals surface area contributed by atoms with E-state index in [0.29, 0.717) is 42.4 Å². The summed E-state index contributed by atoms with van der Waals surface area (Å²) in [6.45, 7) is 8.67. The monoisotopic (exact) mass is 327 g/mol. The van der Waals surface area contributed by atoms with E-state index >= 15 is 0 Å². The molecule has 0 saturated heterocycles. The fourth-order valence-electron chi connectivity index (χ4n) is 2.88. The van der Waals surface area contributed by atoms with Crippen molar-refractivity contribution in [1.29, 1.82) is 0 Å². The molecule has 1 N–H and O–H groups in total. The van der Waals surface area contributed by atoms with Gasteiger partial charge in [-0.05, 0) is 31.4 Å². The summed E-state index contributed by atoms with van der Waals surface area (Å²) < 4.78 is 0. The van der Waals surface area contributed by atoms with Gasteiger partial charge >= 0.3 is 0 Å². The second-order valence-electron chi connectivity index (χ2n) is 5.73. The summed E-state index contributed by atoms with van der Waals surface area (Å²) in [5.74, 6) is 1.52. The first kappa shape index (κ1) is 19.1. The first-order valence-electron chi connectivity index (χ1n) is 8.29. The van der Waals surface area contributed by atoms with Gasteiger partial charge in [-0.1, -0.05) is 32.3 Å². The molecule has 0 radical (unpaired) electrons. The van der Waals surface area contributed by atoms with Crippen molar-refractivity contribution in [1.82, 2.24) is 0 Å². The fourth-order valence-corrected chi connectivity index (χ4v) is 3.86. The van der Waals surface area contributed by atoms with Crippen LogP contribution in [-0.4, -0.2) is 34.2 Å². The minimum atomic E-state index is 0.00866. The maximum Gasteiger partial charge on any atom is 0.168 e. The van der Waals surface area contributed by atoms with E-state index in [-0.39, 0.29) is 17.5 Å². The van der Waals surface area contributed by atoms with E-state index in [1.54, 1.807) is 0 Å². The van der Waals surface area contributed by atoms with E-state index in [4.69, 9.17) is 4.84 Å². The molecule has 5 heteroatoms. The molecule has 1 aliphatic rings. The highest BCUT2D eigenvalue weighted by atomic mass is 32.2. The number of nitrogens with zero attached hydrogens (tertiary/aromatic N) is 1. The second kappa shape index (κ2) is 9.93. The highest BCUT2D eigenvalue weighted by Crippen LogP contribution is 2.32. The molecule has 0 aromatic heterocycles. The predicted molar refractivity (Wildman–Crippen MR) is 93.6 cm³/mol. The Morgan fingerprint density at radius 3 is 2.68 bits per heavy atom. The molecule has 0 unspecified atom stereocenters. The lowest BCUT2D eigenvalue weighted by Gasteiger charge is -2.25. The van der Waals surface area contributed by atoms with Gasteiger partial charge in [0.25, 0.3) is 0 Å². The predicted octanol–water partition coefficient (Wildman–Crippen LogP) is 4.50. The summed E-state index contributed by atoms with van der Waals surface area (Å²) in [6, 6.07) is 0. The molecule has 4 nitrogen and oxygen atoms in total. The Morgan fingerprint density at radius 2 is 2.14 bits per heavy atom. The van der Waals surface area contributed by atoms with Crippen molar-refractivity contribution < 1.29 is 14.7 Å². The molecule has 0 aromatic rings. The van der Waals surface area contributed by atoms with Crippen molar-refractivity contribution >= 4 is 23.3 Å². The highest BCUT2D eigenvalue weighted by Gasteiger charge is 2.31. The molecule has 0 spiro atoms. The van der Waals surface area contributed by atoms with Gasteiger partial charge < -0.3 is 9.94 Å². The fraction of sp³-hybridized carbons (Fsp3) is 0.765. The second-order valence-corrected chi connectivity index (χ2v) is 7.44. The minimum absolute atomic E-state index is 0.00866. The van der Waals surface area contributed by atoms with Crippen molar-refractivity contribution in [3.63, 3.8) is 0 Å². The third-order valence-electron chi connectivity index (χ3n) is 3.72. The smallest absolute Gasteiger partial charge is 0.168 e. The average Bonchev–Trinajstić information content (AvgIpc) is 2.44. The first-order valence-corrected chi connectivity index (χ1v) is 9.34. The number of oxime groups is 1. The molecule has 126 valence electrons. The zero-order valence-electron chi connectivity index (χ0n) is 14.2. The summed E-state index contributed by atoms with van der Waals surface area (Å²) in [5.41, 5.74) is 1.00. The lowest BCUT2D eigenvalue weighted by Crippen LogP contribution is -2.26. The largest absolute Gasteiger partial charge is 0.511 e. The Bertz CT molecular complexity index is 432. The summed E-state index contributed by atoms with van der Waals surface area (Å²) in [4.78, 5) is 17.6. The molecule has 0 heterocycles. The molecular weight excluding hydrogens is 298 g/mol. The molecule has 0 aromatic carbocycles. The van der Waals surface area contributed by atoms with Crippen LogP contribution < -0.4 is 0 Å². The topological polar surface area (TPSA) is 58.9 Å². The number of Topliss-reactive ketones (excluding diaryl/α,β-unsaturated/α-hetero) is 1. The molecule has 22 heavy (non-hydrogen) atoms. The van der Waals surface area contributed by atoms with E-state index < -0.39 is 0 Å². The van der Waals surface area contributed by atoms with E-state index in [1.807, 2.05) is 25.6 Å². The van der Waals surface area contributed by atoms with Gasteiger partial charge in [-0.3, -0.25) is 4.79 Å². The number of carbonyl (C=O) groups excluding carboxylic acids is 1. The summed E-state index contributed by atoms with van der Waals surface area (Å²) in [7, 11) is 0. The van der Waals surface area contributed by atoms with Gasteiger partial charge in [-0.25, -0.2) is 0 Å². The number of hydrogen-bond acceptors (Lipinski definition) is 5. The minimum Gasteiger partial charge on any atom is -0.511 e. The van der Waals surface area contributed by atoms with Gasteiger partial charge in [0, 0.05) is 18.1 Å². The summed E-state index contributed by atoms with van der Waals surface area (Å²) in [5, 5.41) is 14.9. The maximum atomic E-state index is 12.5. The average molecular weight is 327 g/mol. The first-order chi connectivity index (χ1) is 10.5. The zero-order chi connectivity index (χ0) is 16.5. The van der Waals surface area contributed by atoms with E-state index in [1.165, 1.54) is 0 Å². The molecule has 2 atom stereocenters. The van der Waals surface area contributed by atoms with Crippen LogP contribution in [0.15, 0.2) is 16.5 Å². The van der Waals surface area contributed by atoms with Gasteiger partial charge in [0.2, 0.25) is 0 Å². The molecule has 1 rings (SSSR count). The standard InChI is InChI=1S/C17H29NO3S/c1-5-8-14(18-21-6-2)17-15(19)10-13(11-16(17)20)9-12(4)22-7-3/h12-13,19H,5-11H2,1-4H3/b18-14-/t12-,13+/m1/s1. The Kier molecular flexibility index (Phi) is 8.61. The molecule has 0 aliphatic heterocycles. The summed E-state index contributed by atoms with van der Waals surface area (Å²) >= 11 is 1.90. The lowest BCUT2D eigenvalue weighted by atomic mass is 9.82. The van der Waals surface area contributed by atoms with Crippen LogP contribution in [-0.2, 0) is 9.63 Å². The van der Waals surface area contributed by atoms with E-state index in [9.17, 15) is 9.90 Å². The van der Waals surface area contributed by atoms with Crippen LogP contribution in [0.4, 0.5) is 0 Å². The Morgan fingerprint density at radius 1 is 1.41 bits per heavy atom. The van der Waals surface area contributed by atoms with E-state index in [0.717, 1.165) is 18.6 Å². The maximum absolute atomic E-state index is 12.5. The van der Waals surface area contributed by atoms with E-state index in [2.05, 4.69) is 19.0 Å². The lowest BCUT2D eigenvalue weighted by molar-refractivity contribution is -0.116. The van der Waals surface area contributed by atoms with Crippen LogP contribution in [0.1, 0.15) is 59.8 Å². The van der Waals surface area contributed by atoms with Crippen molar-refractivity contribution in [2.75, 3.05) is 12.4 Å². The molecule has 0 fully saturated rings. The summed E-state index contributed by atoms with van der Waals surface area (Å²) in [6.07, 6.45) is 3.56. The number of ketones is 1. The molecule has 0 saturated carbocycles. The van der Waals surface area contributed by atoms with Crippen LogP contribution in [0, 0.1) is 5.92 Å². The van der Waals surface area contributed by atoms with Crippen LogP contribution in [0.3, 0.4) is 0 Å². The van der Waals surface area contributed by atoms with Gasteiger partial charge in [-0.15, -0.1) is 0 Å². The molecule has 0 bridgehead atoms.